The highest BCUT2D eigenvalue weighted by molar-refractivity contribution is 7.80. The number of rotatable bonds is 68. The van der Waals surface area contributed by atoms with Crippen LogP contribution in [0, 0.1) is 28.6 Å². The lowest BCUT2D eigenvalue weighted by atomic mass is 10.0. The van der Waals surface area contributed by atoms with Gasteiger partial charge in [0.1, 0.15) is 102 Å². The van der Waals surface area contributed by atoms with E-state index in [2.05, 4.69) is 121 Å². The second kappa shape index (κ2) is 64.6. The van der Waals surface area contributed by atoms with Gasteiger partial charge in [-0.2, -0.15) is 25.3 Å². The third-order valence-corrected chi connectivity index (χ3v) is 24.1. The van der Waals surface area contributed by atoms with Gasteiger partial charge in [0, 0.05) is 67.5 Å². The fraction of sp³-hybridized carbons (Fsp3) is 0.620. The van der Waals surface area contributed by atoms with Crippen LogP contribution in [-0.4, -0.2) is 331 Å². The second-order valence-electron chi connectivity index (χ2n) is 36.9. The number of H-pyrrole nitrogens is 1. The van der Waals surface area contributed by atoms with Crippen molar-refractivity contribution < 1.29 is 122 Å². The number of aromatic nitrogens is 1. The third kappa shape index (κ3) is 43.9. The average molecular weight is 2100 g/mol. The number of thiol groups is 2. The molecule has 0 spiro atoms. The minimum absolute atomic E-state index is 0.00836. The van der Waals surface area contributed by atoms with Crippen molar-refractivity contribution in [1.29, 1.82) is 10.8 Å². The van der Waals surface area contributed by atoms with E-state index >= 15 is 4.79 Å². The summed E-state index contributed by atoms with van der Waals surface area (Å²) < 4.78 is 0. The number of aliphatic hydroxyl groups excluding tert-OH is 3. The Hall–Kier alpha value is -13.3. The monoisotopic (exact) mass is 2100 g/mol. The van der Waals surface area contributed by atoms with Crippen LogP contribution in [-0.2, 0) is 104 Å². The smallest absolute Gasteiger partial charge is 0.326 e. The summed E-state index contributed by atoms with van der Waals surface area (Å²) in [5.74, 6) is -23.5. The molecule has 0 unspecified atom stereocenters. The highest BCUT2D eigenvalue weighted by Crippen LogP contribution is 2.24. The molecule has 0 aliphatic carbocycles. The van der Waals surface area contributed by atoms with Crippen LogP contribution in [0.15, 0.2) is 54.7 Å². The number of hydrogen-bond donors (Lipinski definition) is 34. The number of amides is 17. The minimum atomic E-state index is -2.07. The number of hydrogen-bond acceptors (Lipinski definition) is 30. The Morgan fingerprint density at radius 3 is 1.32 bits per heavy atom. The Labute approximate surface area is 856 Å². The molecular formula is C92H149N27O25S2. The summed E-state index contributed by atoms with van der Waals surface area (Å²) in [4.78, 5) is 271. The molecule has 18 atom stereocenters. The Bertz CT molecular complexity index is 4900. The number of nitrogens with one attached hydrogen (secondary N) is 20. The highest BCUT2D eigenvalue weighted by atomic mass is 32.1. The quantitative estimate of drug-likeness (QED) is 0.0108. The van der Waals surface area contributed by atoms with Crippen LogP contribution >= 0.6 is 25.3 Å². The summed E-state index contributed by atoms with van der Waals surface area (Å²) in [6.45, 7) is 9.60. The fourth-order valence-electron chi connectivity index (χ4n) is 15.6. The molecule has 17 amide bonds. The molecule has 1 fully saturated rings. The highest BCUT2D eigenvalue weighted by Gasteiger charge is 2.44. The van der Waals surface area contributed by atoms with E-state index in [9.17, 15) is 117 Å². The topological polar surface area (TPSA) is 873 Å². The van der Waals surface area contributed by atoms with Crippen molar-refractivity contribution in [1.82, 2.24) is 100 Å². The summed E-state index contributed by atoms with van der Waals surface area (Å²) in [5, 5.41) is 120. The van der Waals surface area contributed by atoms with E-state index in [0.29, 0.717) is 35.7 Å². The maximum atomic E-state index is 15.0. The van der Waals surface area contributed by atoms with Gasteiger partial charge in [0.15, 0.2) is 11.9 Å². The van der Waals surface area contributed by atoms with E-state index in [1.165, 1.54) is 35.4 Å². The Balaban J connectivity index is 1.57. The van der Waals surface area contributed by atoms with Crippen molar-refractivity contribution in [3.05, 3.63) is 65.9 Å². The molecule has 2 heterocycles. The van der Waals surface area contributed by atoms with Crippen molar-refractivity contribution in [2.45, 2.75) is 286 Å². The molecule has 38 N–H and O–H groups in total. The number of primary amides is 1. The lowest BCUT2D eigenvalue weighted by Gasteiger charge is -2.31. The number of benzene rings is 2. The molecule has 2 aromatic carbocycles. The molecule has 1 aliphatic rings. The summed E-state index contributed by atoms with van der Waals surface area (Å²) in [7, 11) is 0. The summed E-state index contributed by atoms with van der Waals surface area (Å²) in [6, 6.07) is -15.3. The average Bonchev–Trinajstić information content (AvgIpc) is 1.66. The zero-order valence-electron chi connectivity index (χ0n) is 83.1. The van der Waals surface area contributed by atoms with Gasteiger partial charge >= 0.3 is 11.9 Å². The second-order valence-corrected chi connectivity index (χ2v) is 37.6. The lowest BCUT2D eigenvalue weighted by Crippen LogP contribution is -2.63. The predicted octanol–water partition coefficient (Wildman–Crippen LogP) is -7.78. The standard InChI is InChI=1S/C92H149N27O25S2/c1-46(2)35-54(95)74(127)104-56(19-10-12-30-93)75(128)106-59(28-29-71(96)124)78(131)114-67(43-121)84(137)118-73(49(7)122)88(141)117-69(45-146)86(139)109-61(36-47(3)4)79(132)115-66(42-120)83(136)113-65(37-48(5)6)89(142)119-34-16-23-70(119)87(140)107-57(20-11-13-31-94)77(130)116-68(44-145)85(138)111-63(39-51-41-103-55-18-9-8-17-53(51)55)81(134)112-64(40-72(125)126)82(135)110-62(38-50-24-26-52(123)27-25-50)80(133)105-58(21-14-32-101-91(97)98)76(129)108-60(90(143)144)22-15-33-102-92(99)100/h8-9,17-18,24-27,41,46-49,54,56-70,73,103,120-123,145-146H,10-16,19-23,28-40,42-45,93-95H2,1-7H3,(H2,96,124)(H,104,127)(H,105,133)(H,106,128)(H,107,140)(H,108,129)(H,109,139)(H,110,135)(H,111,138)(H,112,134)(H,113,136)(H,114,131)(H,115,132)(H,116,130)(H,117,141)(H,118,137)(H,125,126)(H,143,144)(H4,97,98,101)(H4,99,100,102)/t49-,54+,56+,57+,58+,59+,60+,61+,62+,63+,64+,65+,66+,67+,68+,69+,70+,73+/m1/s1. The molecule has 0 saturated carbocycles. The first-order valence-corrected chi connectivity index (χ1v) is 49.6. The minimum Gasteiger partial charge on any atom is -0.508 e. The van der Waals surface area contributed by atoms with E-state index in [-0.39, 0.29) is 133 Å². The number of carboxylic acids is 2. The number of carbonyl (C=O) groups is 19. The van der Waals surface area contributed by atoms with Gasteiger partial charge in [0.25, 0.3) is 0 Å². The molecule has 1 saturated heterocycles. The lowest BCUT2D eigenvalue weighted by molar-refractivity contribution is -0.143. The van der Waals surface area contributed by atoms with E-state index in [4.69, 9.17) is 45.2 Å². The number of guanidine groups is 2. The zero-order chi connectivity index (χ0) is 109. The van der Waals surface area contributed by atoms with Gasteiger partial charge in [-0.1, -0.05) is 71.9 Å². The first-order chi connectivity index (χ1) is 69.0. The number of aromatic amines is 1. The van der Waals surface area contributed by atoms with Crippen LogP contribution in [0.4, 0.5) is 0 Å². The molecule has 146 heavy (non-hydrogen) atoms. The molecule has 4 rings (SSSR count). The van der Waals surface area contributed by atoms with Crippen molar-refractivity contribution in [3.8, 4) is 5.75 Å². The molecule has 0 radical (unpaired) electrons. The first-order valence-electron chi connectivity index (χ1n) is 48.4. The number of phenolic OH excluding ortho intramolecular Hbond substituents is 1. The van der Waals surface area contributed by atoms with Gasteiger partial charge in [-0.15, -0.1) is 0 Å². The number of aliphatic hydroxyl groups is 3. The molecule has 814 valence electrons. The number of phenols is 1. The number of aromatic hydroxyl groups is 1. The number of unbranched alkanes of at least 4 members (excludes halogenated alkanes) is 2. The van der Waals surface area contributed by atoms with Gasteiger partial charge in [0.05, 0.1) is 31.8 Å². The maximum Gasteiger partial charge on any atom is 0.326 e. The summed E-state index contributed by atoms with van der Waals surface area (Å²) in [5.41, 5.74) is 35.1. The van der Waals surface area contributed by atoms with Gasteiger partial charge < -0.3 is 165 Å². The van der Waals surface area contributed by atoms with Gasteiger partial charge in [-0.25, -0.2) is 4.79 Å². The molecule has 54 heteroatoms. The number of carboxylic acid groups (broad SMARTS) is 2. The van der Waals surface area contributed by atoms with E-state index < -0.39 is 296 Å². The Morgan fingerprint density at radius 1 is 0.445 bits per heavy atom. The summed E-state index contributed by atoms with van der Waals surface area (Å²) in [6.07, 6.45) is -1.93. The van der Waals surface area contributed by atoms with E-state index in [1.54, 1.807) is 52.0 Å². The number of likely N-dealkylation sites (tertiary alicyclic amines) is 1. The fourth-order valence-corrected chi connectivity index (χ4v) is 16.1. The van der Waals surface area contributed by atoms with Crippen molar-refractivity contribution in [3.63, 3.8) is 0 Å². The van der Waals surface area contributed by atoms with Gasteiger partial charge in [0.2, 0.25) is 100 Å². The van der Waals surface area contributed by atoms with E-state index in [0.717, 1.165) is 6.92 Å². The van der Waals surface area contributed by atoms with Crippen molar-refractivity contribution in [2.75, 3.05) is 57.4 Å². The molecule has 0 bridgehead atoms. The molecule has 1 aromatic heterocycles. The Kier molecular flexibility index (Phi) is 55.3. The van der Waals surface area contributed by atoms with Crippen LogP contribution in [0.3, 0.4) is 0 Å². The van der Waals surface area contributed by atoms with Crippen LogP contribution in [0.2, 0.25) is 0 Å². The molecule has 52 nitrogen and oxygen atoms in total. The third-order valence-electron chi connectivity index (χ3n) is 23.3. The van der Waals surface area contributed by atoms with Crippen molar-refractivity contribution >= 4 is 160 Å². The van der Waals surface area contributed by atoms with Crippen LogP contribution in [0.5, 0.6) is 5.75 Å². The number of nitrogens with two attached hydrogens (primary N) is 6. The Morgan fingerprint density at radius 2 is 0.836 bits per heavy atom. The SMILES string of the molecule is CC(C)C[C@H](NC(=O)[C@H](CS)NC(=O)[C@@H](NC(=O)[C@H](CO)NC(=O)[C@H](CCC(N)=O)NC(=O)[C@H](CCCCN)NC(=O)[C@@H](N)CC(C)C)[C@@H](C)O)C(=O)N[C@@H](CO)C(=O)N[C@@H](CC(C)C)C(=O)N1CCC[C@H]1C(=O)N[C@@H](CCCCN)C(=O)N[C@@H](CS)C(=O)N[C@@H](Cc1c[nH]c2ccccc12)C(=O)N[C@@H](CC(=O)O)C(=O)N[C@@H](Cc1ccc(O)cc1)C(=O)N[C@@H](CCCNC(=N)N)C(=O)N[C@@H](CCCNC(=N)N)C(=O)O. The zero-order valence-corrected chi connectivity index (χ0v) is 84.9. The molecule has 1 aliphatic heterocycles. The van der Waals surface area contributed by atoms with Gasteiger partial charge in [-0.05, 0) is 170 Å². The largest absolute Gasteiger partial charge is 0.508 e. The number of aliphatic carboxylic acids is 2. The van der Waals surface area contributed by atoms with Crippen LogP contribution in [0.1, 0.15) is 175 Å². The molecular weight excluding hydrogens is 1950 g/mol. The van der Waals surface area contributed by atoms with E-state index in [1.807, 2.05) is 13.8 Å². The number of para-hydroxylation sites is 1. The first kappa shape index (κ1) is 125. The number of carbonyl (C=O) groups excluding carboxylic acids is 17. The summed E-state index contributed by atoms with van der Waals surface area (Å²) >= 11 is 8.62. The number of nitrogens with zero attached hydrogens (tertiary/aromatic N) is 1. The van der Waals surface area contributed by atoms with Crippen LogP contribution < -0.4 is 125 Å². The van der Waals surface area contributed by atoms with Crippen LogP contribution in [0.25, 0.3) is 10.9 Å². The van der Waals surface area contributed by atoms with Crippen molar-refractivity contribution in [2.24, 2.45) is 52.2 Å². The van der Waals surface area contributed by atoms with Gasteiger partial charge in [-0.3, -0.25) is 97.1 Å². The molecule has 3 aromatic rings. The number of fused-ring (bicyclic) bond motifs is 1. The maximum absolute atomic E-state index is 15.0. The predicted molar refractivity (Wildman–Crippen MR) is 540 cm³/mol. The normalized spacial score (nSPS) is 15.8.